The fraction of sp³-hybridized carbons (Fsp3) is 0. The number of nitrogens with two attached hydrogens (primary N) is 2. The zero-order valence-electron chi connectivity index (χ0n) is 17.6. The fourth-order valence-corrected chi connectivity index (χ4v) is 3.18. The van der Waals surface area contributed by atoms with E-state index in [9.17, 15) is 20.2 Å². The van der Waals surface area contributed by atoms with Gasteiger partial charge in [0.2, 0.25) is 0 Å². The predicted octanol–water partition coefficient (Wildman–Crippen LogP) is 5.92. The van der Waals surface area contributed by atoms with E-state index in [1.54, 1.807) is 36.4 Å². The summed E-state index contributed by atoms with van der Waals surface area (Å²) in [4.78, 5) is 20.9. The van der Waals surface area contributed by atoms with Gasteiger partial charge in [-0.2, -0.15) is 0 Å². The molecule has 4 rings (SSSR count). The first-order valence-corrected chi connectivity index (χ1v) is 9.95. The number of benzene rings is 4. The molecule has 0 aliphatic heterocycles. The van der Waals surface area contributed by atoms with Crippen LogP contribution in [0.15, 0.2) is 84.9 Å². The van der Waals surface area contributed by atoms with Gasteiger partial charge in [0.05, 0.1) is 15.5 Å². The Kier molecular flexibility index (Phi) is 5.95. The van der Waals surface area contributed by atoms with E-state index in [1.165, 1.54) is 48.5 Å². The number of nitro benzene ring substituents is 2. The quantitative estimate of drug-likeness (QED) is 0.196. The Labute approximate surface area is 193 Å². The number of hydrogen-bond acceptors (Lipinski definition) is 8. The van der Waals surface area contributed by atoms with Gasteiger partial charge < -0.3 is 20.9 Å². The van der Waals surface area contributed by atoms with E-state index in [0.717, 1.165) is 5.56 Å². The average Bonchev–Trinajstić information content (AvgIpc) is 2.83. The van der Waals surface area contributed by atoms with E-state index in [-0.39, 0.29) is 28.6 Å². The number of rotatable bonds is 7. The summed E-state index contributed by atoms with van der Waals surface area (Å²) in [5.41, 5.74) is 14.1. The molecular formula is C24H18N4O6. The normalized spacial score (nSPS) is 10.5. The standard InChI is InChI=1S/C24H18N4O6/c25-16-3-1-15(2-4-16)21-13-14-22(26)24(34-20-11-7-18(8-12-20)28(31)32)23(21)33-19-9-5-17(6-10-19)27(29)30/h1-14H,25-26H2. The highest BCUT2D eigenvalue weighted by atomic mass is 16.6. The number of nitrogen functional groups attached to an aromatic ring is 2. The van der Waals surface area contributed by atoms with Crippen LogP contribution >= 0.6 is 0 Å². The van der Waals surface area contributed by atoms with E-state index in [0.29, 0.717) is 22.7 Å². The molecule has 10 heteroatoms. The number of hydrogen-bond donors (Lipinski definition) is 2. The lowest BCUT2D eigenvalue weighted by molar-refractivity contribution is -0.385. The molecule has 4 N–H and O–H groups in total. The topological polar surface area (TPSA) is 157 Å². The molecule has 0 atom stereocenters. The summed E-state index contributed by atoms with van der Waals surface area (Å²) in [6.07, 6.45) is 0. The summed E-state index contributed by atoms with van der Waals surface area (Å²) >= 11 is 0. The van der Waals surface area contributed by atoms with Crippen LogP contribution in [0.5, 0.6) is 23.0 Å². The van der Waals surface area contributed by atoms with Crippen molar-refractivity contribution in [3.63, 3.8) is 0 Å². The van der Waals surface area contributed by atoms with E-state index >= 15 is 0 Å². The van der Waals surface area contributed by atoms with Crippen LogP contribution in [0.2, 0.25) is 0 Å². The van der Waals surface area contributed by atoms with Crippen molar-refractivity contribution < 1.29 is 19.3 Å². The van der Waals surface area contributed by atoms with Gasteiger partial charge in [-0.3, -0.25) is 20.2 Å². The van der Waals surface area contributed by atoms with Crippen molar-refractivity contribution in [2.45, 2.75) is 0 Å². The molecule has 0 fully saturated rings. The zero-order chi connectivity index (χ0) is 24.2. The number of nitro groups is 2. The lowest BCUT2D eigenvalue weighted by atomic mass is 10.0. The molecule has 0 saturated heterocycles. The maximum Gasteiger partial charge on any atom is 0.269 e. The van der Waals surface area contributed by atoms with Crippen LogP contribution in [0, 0.1) is 20.2 Å². The minimum Gasteiger partial charge on any atom is -0.453 e. The van der Waals surface area contributed by atoms with Crippen molar-refractivity contribution in [3.8, 4) is 34.1 Å². The second kappa shape index (κ2) is 9.17. The highest BCUT2D eigenvalue weighted by Crippen LogP contribution is 2.46. The van der Waals surface area contributed by atoms with Crippen LogP contribution in [0.4, 0.5) is 22.7 Å². The zero-order valence-corrected chi connectivity index (χ0v) is 17.6. The number of ether oxygens (including phenoxy) is 2. The first kappa shape index (κ1) is 22.1. The maximum atomic E-state index is 11.0. The number of non-ortho nitro benzene ring substituents is 2. The van der Waals surface area contributed by atoms with Gasteiger partial charge in [-0.15, -0.1) is 0 Å². The van der Waals surface area contributed by atoms with E-state index in [2.05, 4.69) is 0 Å². The lowest BCUT2D eigenvalue weighted by Gasteiger charge is -2.18. The van der Waals surface area contributed by atoms with Gasteiger partial charge >= 0.3 is 0 Å². The predicted molar refractivity (Wildman–Crippen MR) is 127 cm³/mol. The van der Waals surface area contributed by atoms with Gasteiger partial charge in [0.25, 0.3) is 11.4 Å². The van der Waals surface area contributed by atoms with Crippen LogP contribution in [-0.4, -0.2) is 9.85 Å². The molecule has 0 aliphatic carbocycles. The molecule has 4 aromatic carbocycles. The molecule has 34 heavy (non-hydrogen) atoms. The summed E-state index contributed by atoms with van der Waals surface area (Å²) in [5, 5.41) is 21.9. The van der Waals surface area contributed by atoms with Crippen LogP contribution < -0.4 is 20.9 Å². The average molecular weight is 458 g/mol. The van der Waals surface area contributed by atoms with E-state index in [4.69, 9.17) is 20.9 Å². The molecule has 0 aromatic heterocycles. The first-order valence-electron chi connectivity index (χ1n) is 9.95. The Morgan fingerprint density at radius 1 is 0.588 bits per heavy atom. The van der Waals surface area contributed by atoms with Crippen molar-refractivity contribution in [1.82, 2.24) is 0 Å². The Morgan fingerprint density at radius 2 is 1.06 bits per heavy atom. The summed E-state index contributed by atoms with van der Waals surface area (Å²) in [5.74, 6) is 1.07. The number of anilines is 2. The minimum atomic E-state index is -0.511. The molecule has 4 aromatic rings. The van der Waals surface area contributed by atoms with Gasteiger partial charge in [-0.1, -0.05) is 12.1 Å². The number of nitrogens with zero attached hydrogens (tertiary/aromatic N) is 2. The Morgan fingerprint density at radius 3 is 1.53 bits per heavy atom. The fourth-order valence-electron chi connectivity index (χ4n) is 3.18. The Hall–Kier alpha value is -5.12. The molecule has 0 unspecified atom stereocenters. The van der Waals surface area contributed by atoms with Gasteiger partial charge in [0.15, 0.2) is 11.5 Å². The highest BCUT2D eigenvalue weighted by molar-refractivity contribution is 5.80. The van der Waals surface area contributed by atoms with Crippen LogP contribution in [-0.2, 0) is 0 Å². The van der Waals surface area contributed by atoms with Crippen LogP contribution in [0.1, 0.15) is 0 Å². The largest absolute Gasteiger partial charge is 0.453 e. The van der Waals surface area contributed by atoms with Gasteiger partial charge in [0.1, 0.15) is 11.5 Å². The van der Waals surface area contributed by atoms with Crippen LogP contribution in [0.25, 0.3) is 11.1 Å². The molecule has 0 saturated carbocycles. The molecule has 0 bridgehead atoms. The highest BCUT2D eigenvalue weighted by Gasteiger charge is 2.19. The Balaban J connectivity index is 1.80. The third-order valence-electron chi connectivity index (χ3n) is 4.90. The van der Waals surface area contributed by atoms with E-state index in [1.807, 2.05) is 0 Å². The molecule has 0 spiro atoms. The molecule has 10 nitrogen and oxygen atoms in total. The molecular weight excluding hydrogens is 440 g/mol. The smallest absolute Gasteiger partial charge is 0.269 e. The monoisotopic (exact) mass is 458 g/mol. The first-order chi connectivity index (χ1) is 16.3. The van der Waals surface area contributed by atoms with Crippen molar-refractivity contribution >= 4 is 22.7 Å². The second-order valence-corrected chi connectivity index (χ2v) is 7.19. The summed E-state index contributed by atoms with van der Waals surface area (Å²) in [6.45, 7) is 0. The molecule has 0 amide bonds. The third kappa shape index (κ3) is 4.70. The molecule has 170 valence electrons. The minimum absolute atomic E-state index is 0.0824. The van der Waals surface area contributed by atoms with Crippen molar-refractivity contribution in [1.29, 1.82) is 0 Å². The molecule has 0 radical (unpaired) electrons. The summed E-state index contributed by atoms with van der Waals surface area (Å²) in [7, 11) is 0. The van der Waals surface area contributed by atoms with Gasteiger partial charge in [0, 0.05) is 35.5 Å². The van der Waals surface area contributed by atoms with Crippen molar-refractivity contribution in [2.24, 2.45) is 0 Å². The summed E-state index contributed by atoms with van der Waals surface area (Å²) in [6, 6.07) is 21.6. The van der Waals surface area contributed by atoms with Crippen molar-refractivity contribution in [2.75, 3.05) is 11.5 Å². The van der Waals surface area contributed by atoms with Crippen molar-refractivity contribution in [3.05, 3.63) is 105 Å². The van der Waals surface area contributed by atoms with E-state index < -0.39 is 9.85 Å². The van der Waals surface area contributed by atoms with Crippen LogP contribution in [0.3, 0.4) is 0 Å². The SMILES string of the molecule is Nc1ccc(-c2ccc(N)c(Oc3ccc([N+](=O)[O-])cc3)c2Oc2ccc([N+](=O)[O-])cc2)cc1. The molecule has 0 heterocycles. The molecule has 0 aliphatic rings. The Bertz CT molecular complexity index is 1350. The summed E-state index contributed by atoms with van der Waals surface area (Å²) < 4.78 is 12.1. The van der Waals surface area contributed by atoms with Gasteiger partial charge in [-0.25, -0.2) is 0 Å². The third-order valence-corrected chi connectivity index (χ3v) is 4.90. The lowest BCUT2D eigenvalue weighted by Crippen LogP contribution is -1.99. The maximum absolute atomic E-state index is 11.0. The second-order valence-electron chi connectivity index (χ2n) is 7.19. The van der Waals surface area contributed by atoms with Gasteiger partial charge in [-0.05, 0) is 54.1 Å².